The Kier molecular flexibility index (Phi) is 4.48. The van der Waals surface area contributed by atoms with E-state index in [-0.39, 0.29) is 17.9 Å². The van der Waals surface area contributed by atoms with E-state index >= 15 is 0 Å². The van der Waals surface area contributed by atoms with Crippen LogP contribution in [0, 0.1) is 5.92 Å². The van der Waals surface area contributed by atoms with E-state index in [1.807, 2.05) is 24.4 Å². The van der Waals surface area contributed by atoms with Gasteiger partial charge in [-0.25, -0.2) is 0 Å². The molecule has 4 rings (SSSR count). The molecule has 6 nitrogen and oxygen atoms in total. The van der Waals surface area contributed by atoms with Crippen molar-refractivity contribution in [3.63, 3.8) is 0 Å². The summed E-state index contributed by atoms with van der Waals surface area (Å²) in [5.41, 5.74) is 2.90. The van der Waals surface area contributed by atoms with Gasteiger partial charge in [-0.1, -0.05) is 18.2 Å². The van der Waals surface area contributed by atoms with E-state index in [1.165, 1.54) is 17.7 Å². The van der Waals surface area contributed by atoms with Crippen LogP contribution in [0.3, 0.4) is 0 Å². The van der Waals surface area contributed by atoms with Crippen LogP contribution in [0.1, 0.15) is 51.1 Å². The maximum absolute atomic E-state index is 12.8. The van der Waals surface area contributed by atoms with Gasteiger partial charge in [0.05, 0.1) is 12.2 Å². The van der Waals surface area contributed by atoms with E-state index in [0.717, 1.165) is 36.1 Å². The topological polar surface area (TPSA) is 80.5 Å². The molecule has 1 saturated carbocycles. The molecule has 1 aliphatic heterocycles. The van der Waals surface area contributed by atoms with Gasteiger partial charge >= 0.3 is 0 Å². The van der Waals surface area contributed by atoms with Crippen LogP contribution in [-0.2, 0) is 13.0 Å². The number of para-hydroxylation sites is 1. The first kappa shape index (κ1) is 17.4. The average Bonchev–Trinajstić information content (AvgIpc) is 3.35. The third-order valence-electron chi connectivity index (χ3n) is 5.13. The second-order valence-electron chi connectivity index (χ2n) is 7.17. The number of nitrogens with zero attached hydrogens (tertiary/aromatic N) is 2. The summed E-state index contributed by atoms with van der Waals surface area (Å²) in [7, 11) is 1.48. The first-order valence-corrected chi connectivity index (χ1v) is 9.20. The Morgan fingerprint density at radius 1 is 1.30 bits per heavy atom. The SMILES string of the molecule is CNC(=O)c1cc(C(=O)CC2CC2)cn(Cc2cccc3c2N=CC3)c1=O. The Morgan fingerprint density at radius 3 is 2.85 bits per heavy atom. The van der Waals surface area contributed by atoms with Crippen molar-refractivity contribution >= 4 is 23.6 Å². The lowest BCUT2D eigenvalue weighted by molar-refractivity contribution is 0.0961. The minimum absolute atomic E-state index is 0.00442. The second-order valence-corrected chi connectivity index (χ2v) is 7.17. The first-order valence-electron chi connectivity index (χ1n) is 9.20. The fourth-order valence-electron chi connectivity index (χ4n) is 3.43. The van der Waals surface area contributed by atoms with E-state index in [2.05, 4.69) is 10.3 Å². The number of pyridine rings is 1. The number of carbonyl (C=O) groups excluding carboxylic acids is 2. The molecule has 0 radical (unpaired) electrons. The fraction of sp³-hybridized carbons (Fsp3) is 0.333. The number of ketones is 1. The third-order valence-corrected chi connectivity index (χ3v) is 5.13. The molecule has 0 spiro atoms. The average molecular weight is 363 g/mol. The smallest absolute Gasteiger partial charge is 0.263 e. The number of aliphatic imine (C=N–C) groups is 1. The summed E-state index contributed by atoms with van der Waals surface area (Å²) in [5, 5.41) is 2.49. The summed E-state index contributed by atoms with van der Waals surface area (Å²) < 4.78 is 1.45. The summed E-state index contributed by atoms with van der Waals surface area (Å²) in [6.07, 6.45) is 6.82. The molecule has 2 aromatic rings. The summed E-state index contributed by atoms with van der Waals surface area (Å²) in [6.45, 7) is 0.272. The molecule has 2 aliphatic rings. The summed E-state index contributed by atoms with van der Waals surface area (Å²) in [5.74, 6) is -0.0630. The Bertz CT molecular complexity index is 1020. The Balaban J connectivity index is 1.75. The largest absolute Gasteiger partial charge is 0.355 e. The van der Waals surface area contributed by atoms with Crippen molar-refractivity contribution in [3.8, 4) is 0 Å². The van der Waals surface area contributed by atoms with Gasteiger partial charge in [-0.15, -0.1) is 0 Å². The normalized spacial score (nSPS) is 14.9. The number of rotatable bonds is 6. The number of fused-ring (bicyclic) bond motifs is 1. The number of hydrogen-bond acceptors (Lipinski definition) is 4. The van der Waals surface area contributed by atoms with Gasteiger partial charge in [-0.05, 0) is 36.0 Å². The standard InChI is InChI=1S/C21H21N3O3/c1-22-20(26)17-10-16(18(25)9-13-5-6-13)12-24(21(17)27)11-15-4-2-3-14-7-8-23-19(14)15/h2-4,8,10,12-13H,5-7,9,11H2,1H3,(H,22,26). The van der Waals surface area contributed by atoms with E-state index in [9.17, 15) is 14.4 Å². The zero-order valence-electron chi connectivity index (χ0n) is 15.2. The molecule has 1 aromatic heterocycles. The number of hydrogen-bond donors (Lipinski definition) is 1. The zero-order valence-corrected chi connectivity index (χ0v) is 15.2. The van der Waals surface area contributed by atoms with Crippen LogP contribution in [0.4, 0.5) is 5.69 Å². The minimum atomic E-state index is -0.480. The number of amides is 1. The van der Waals surface area contributed by atoms with E-state index in [0.29, 0.717) is 17.9 Å². The fourth-order valence-corrected chi connectivity index (χ4v) is 3.43. The maximum Gasteiger partial charge on any atom is 0.263 e. The lowest BCUT2D eigenvalue weighted by Gasteiger charge is -2.13. The molecule has 1 aliphatic carbocycles. The number of carbonyl (C=O) groups is 2. The van der Waals surface area contributed by atoms with Crippen molar-refractivity contribution in [2.45, 2.75) is 32.2 Å². The number of nitrogens with one attached hydrogen (secondary N) is 1. The van der Waals surface area contributed by atoms with Crippen LogP contribution >= 0.6 is 0 Å². The predicted molar refractivity (Wildman–Crippen MR) is 103 cm³/mol. The van der Waals surface area contributed by atoms with Gasteiger partial charge in [0.15, 0.2) is 5.78 Å². The van der Waals surface area contributed by atoms with Crippen LogP contribution < -0.4 is 10.9 Å². The van der Waals surface area contributed by atoms with Gasteiger partial charge in [0, 0.05) is 37.9 Å². The molecular weight excluding hydrogens is 342 g/mol. The lowest BCUT2D eigenvalue weighted by Crippen LogP contribution is -2.32. The molecule has 27 heavy (non-hydrogen) atoms. The van der Waals surface area contributed by atoms with E-state index in [1.54, 1.807) is 6.20 Å². The molecule has 0 atom stereocenters. The number of aromatic nitrogens is 1. The molecule has 1 fully saturated rings. The molecule has 1 amide bonds. The molecule has 138 valence electrons. The van der Waals surface area contributed by atoms with Gasteiger partial charge in [0.25, 0.3) is 11.5 Å². The highest BCUT2D eigenvalue weighted by atomic mass is 16.2. The van der Waals surface area contributed by atoms with E-state index < -0.39 is 11.5 Å². The van der Waals surface area contributed by atoms with Crippen molar-refractivity contribution in [1.82, 2.24) is 9.88 Å². The van der Waals surface area contributed by atoms with Crippen LogP contribution in [-0.4, -0.2) is 29.5 Å². The quantitative estimate of drug-likeness (QED) is 0.801. The van der Waals surface area contributed by atoms with Crippen molar-refractivity contribution < 1.29 is 9.59 Å². The summed E-state index contributed by atoms with van der Waals surface area (Å²) >= 11 is 0. The van der Waals surface area contributed by atoms with Crippen molar-refractivity contribution in [2.75, 3.05) is 7.05 Å². The number of benzene rings is 1. The predicted octanol–water partition coefficient (Wildman–Crippen LogP) is 2.50. The molecule has 0 bridgehead atoms. The van der Waals surface area contributed by atoms with Crippen LogP contribution in [0.5, 0.6) is 0 Å². The number of Topliss-reactive ketones (excluding diaryl/α,β-unsaturated/α-hetero) is 1. The minimum Gasteiger partial charge on any atom is -0.355 e. The maximum atomic E-state index is 12.8. The first-order chi connectivity index (χ1) is 13.1. The van der Waals surface area contributed by atoms with Gasteiger partial charge in [-0.3, -0.25) is 19.4 Å². The lowest BCUT2D eigenvalue weighted by atomic mass is 10.0. The van der Waals surface area contributed by atoms with Crippen LogP contribution in [0.15, 0.2) is 40.2 Å². The zero-order chi connectivity index (χ0) is 19.0. The molecule has 6 heteroatoms. The molecule has 1 aromatic carbocycles. The molecule has 0 saturated heterocycles. The Morgan fingerprint density at radius 2 is 2.11 bits per heavy atom. The Hall–Kier alpha value is -3.02. The van der Waals surface area contributed by atoms with Crippen molar-refractivity contribution in [2.24, 2.45) is 10.9 Å². The molecular formula is C21H21N3O3. The van der Waals surface area contributed by atoms with Crippen molar-refractivity contribution in [1.29, 1.82) is 0 Å². The third kappa shape index (κ3) is 3.47. The van der Waals surface area contributed by atoms with E-state index in [4.69, 9.17) is 0 Å². The molecule has 0 unspecified atom stereocenters. The molecule has 2 heterocycles. The van der Waals surface area contributed by atoms with Gasteiger partial charge in [-0.2, -0.15) is 0 Å². The summed E-state index contributed by atoms with van der Waals surface area (Å²) in [6, 6.07) is 7.30. The second kappa shape index (κ2) is 6.95. The highest BCUT2D eigenvalue weighted by Crippen LogP contribution is 2.33. The van der Waals surface area contributed by atoms with Gasteiger partial charge in [0.2, 0.25) is 0 Å². The molecule has 1 N–H and O–H groups in total. The Labute approximate surface area is 156 Å². The highest BCUT2D eigenvalue weighted by Gasteiger charge is 2.26. The van der Waals surface area contributed by atoms with Crippen LogP contribution in [0.2, 0.25) is 0 Å². The van der Waals surface area contributed by atoms with Gasteiger partial charge < -0.3 is 9.88 Å². The van der Waals surface area contributed by atoms with Gasteiger partial charge in [0.1, 0.15) is 5.56 Å². The van der Waals surface area contributed by atoms with Crippen LogP contribution in [0.25, 0.3) is 0 Å². The summed E-state index contributed by atoms with van der Waals surface area (Å²) in [4.78, 5) is 42.0. The monoisotopic (exact) mass is 363 g/mol. The highest BCUT2D eigenvalue weighted by molar-refractivity contribution is 6.00. The van der Waals surface area contributed by atoms with Crippen molar-refractivity contribution in [3.05, 3.63) is 63.1 Å².